The molecule has 0 aliphatic carbocycles. The van der Waals surface area contributed by atoms with Crippen LogP contribution >= 0.6 is 0 Å². The number of ether oxygens (including phenoxy) is 2. The Morgan fingerprint density at radius 2 is 1.37 bits per heavy atom. The lowest BCUT2D eigenvalue weighted by molar-refractivity contribution is -0.131. The third kappa shape index (κ3) is 5.80. The van der Waals surface area contributed by atoms with Crippen molar-refractivity contribution in [3.8, 4) is 11.5 Å². The largest absolute Gasteiger partial charge is 0.423 e. The molecule has 0 spiro atoms. The molecule has 0 aromatic heterocycles. The van der Waals surface area contributed by atoms with Crippen LogP contribution in [0.5, 0.6) is 11.5 Å². The maximum Gasteiger partial charge on any atom is 0.338 e. The summed E-state index contributed by atoms with van der Waals surface area (Å²) in [4.78, 5) is 23.5. The van der Waals surface area contributed by atoms with Crippen LogP contribution < -0.4 is 9.47 Å². The van der Waals surface area contributed by atoms with E-state index in [1.165, 1.54) is 0 Å². The van der Waals surface area contributed by atoms with Gasteiger partial charge in [0, 0.05) is 11.1 Å². The standard InChI is InChI=1S/C26H28O4/c1-7-22-20(13-16-24(23(22)8-2)30-26(28)18(5)6)12-9-19-10-14-21(15-11-19)29-25(27)17(3)4/h9-16H,3,5,7-8H2,1-2,4,6H3. The summed E-state index contributed by atoms with van der Waals surface area (Å²) in [5, 5.41) is 0. The van der Waals surface area contributed by atoms with Crippen LogP contribution in [0.1, 0.15) is 49.9 Å². The Labute approximate surface area is 178 Å². The number of benzene rings is 2. The van der Waals surface area contributed by atoms with E-state index in [9.17, 15) is 9.59 Å². The predicted octanol–water partition coefficient (Wildman–Crippen LogP) is 5.94. The summed E-state index contributed by atoms with van der Waals surface area (Å²) in [6.07, 6.45) is 5.61. The van der Waals surface area contributed by atoms with E-state index in [1.54, 1.807) is 26.0 Å². The molecule has 0 heterocycles. The van der Waals surface area contributed by atoms with E-state index in [0.717, 1.165) is 35.1 Å². The van der Waals surface area contributed by atoms with E-state index in [0.29, 0.717) is 22.6 Å². The lowest BCUT2D eigenvalue weighted by atomic mass is 9.95. The first-order valence-corrected chi connectivity index (χ1v) is 9.95. The fraction of sp³-hybridized carbons (Fsp3) is 0.231. The molecule has 0 fully saturated rings. The van der Waals surface area contributed by atoms with Crippen molar-refractivity contribution in [2.24, 2.45) is 0 Å². The molecular formula is C26H28O4. The summed E-state index contributed by atoms with van der Waals surface area (Å²) >= 11 is 0. The molecule has 0 N–H and O–H groups in total. The van der Waals surface area contributed by atoms with Crippen molar-refractivity contribution in [3.63, 3.8) is 0 Å². The van der Waals surface area contributed by atoms with Gasteiger partial charge in [-0.25, -0.2) is 9.59 Å². The first-order chi connectivity index (χ1) is 14.3. The highest BCUT2D eigenvalue weighted by Crippen LogP contribution is 2.29. The average molecular weight is 405 g/mol. The predicted molar refractivity (Wildman–Crippen MR) is 121 cm³/mol. The van der Waals surface area contributed by atoms with Gasteiger partial charge in [0.05, 0.1) is 0 Å². The molecule has 4 heteroatoms. The van der Waals surface area contributed by atoms with E-state index >= 15 is 0 Å². The Hall–Kier alpha value is -3.40. The lowest BCUT2D eigenvalue weighted by Gasteiger charge is -2.15. The summed E-state index contributed by atoms with van der Waals surface area (Å²) in [6, 6.07) is 11.1. The summed E-state index contributed by atoms with van der Waals surface area (Å²) in [5.41, 5.74) is 4.95. The number of hydrogen-bond donors (Lipinski definition) is 0. The van der Waals surface area contributed by atoms with Gasteiger partial charge in [-0.3, -0.25) is 0 Å². The molecule has 2 aromatic rings. The van der Waals surface area contributed by atoms with Gasteiger partial charge in [0.2, 0.25) is 0 Å². The zero-order valence-corrected chi connectivity index (χ0v) is 18.1. The van der Waals surface area contributed by atoms with Crippen molar-refractivity contribution in [3.05, 3.63) is 83.0 Å². The maximum absolute atomic E-state index is 11.9. The third-order valence-corrected chi connectivity index (χ3v) is 4.58. The minimum absolute atomic E-state index is 0.357. The smallest absolute Gasteiger partial charge is 0.338 e. The van der Waals surface area contributed by atoms with Gasteiger partial charge in [-0.15, -0.1) is 0 Å². The number of carbonyl (C=O) groups is 2. The van der Waals surface area contributed by atoms with Crippen molar-refractivity contribution in [1.82, 2.24) is 0 Å². The molecule has 0 atom stereocenters. The van der Waals surface area contributed by atoms with E-state index in [4.69, 9.17) is 9.47 Å². The fourth-order valence-corrected chi connectivity index (χ4v) is 2.96. The molecule has 156 valence electrons. The minimum Gasteiger partial charge on any atom is -0.423 e. The second kappa shape index (κ2) is 10.4. The number of hydrogen-bond acceptors (Lipinski definition) is 4. The molecule has 0 bridgehead atoms. The highest BCUT2D eigenvalue weighted by atomic mass is 16.5. The highest BCUT2D eigenvalue weighted by molar-refractivity contribution is 5.89. The molecule has 0 unspecified atom stereocenters. The number of esters is 2. The second-order valence-corrected chi connectivity index (χ2v) is 7.06. The fourth-order valence-electron chi connectivity index (χ4n) is 2.96. The van der Waals surface area contributed by atoms with Gasteiger partial charge < -0.3 is 9.47 Å². The topological polar surface area (TPSA) is 52.6 Å². The van der Waals surface area contributed by atoms with E-state index < -0.39 is 11.9 Å². The van der Waals surface area contributed by atoms with Gasteiger partial charge in [-0.2, -0.15) is 0 Å². The minimum atomic E-state index is -0.439. The summed E-state index contributed by atoms with van der Waals surface area (Å²) in [7, 11) is 0. The van der Waals surface area contributed by atoms with Crippen LogP contribution in [-0.2, 0) is 22.4 Å². The molecule has 2 rings (SSSR count). The van der Waals surface area contributed by atoms with Crippen molar-refractivity contribution >= 4 is 24.1 Å². The Bertz CT molecular complexity index is 994. The van der Waals surface area contributed by atoms with Gasteiger partial charge in [-0.05, 0) is 67.1 Å². The van der Waals surface area contributed by atoms with Crippen LogP contribution in [0.15, 0.2) is 60.7 Å². The molecule has 30 heavy (non-hydrogen) atoms. The Morgan fingerprint density at radius 1 is 0.800 bits per heavy atom. The summed E-state index contributed by atoms with van der Waals surface area (Å²) in [5.74, 6) is 0.211. The van der Waals surface area contributed by atoms with Crippen LogP contribution in [0.3, 0.4) is 0 Å². The normalized spacial score (nSPS) is 10.7. The van der Waals surface area contributed by atoms with Crippen molar-refractivity contribution in [2.75, 3.05) is 0 Å². The number of rotatable bonds is 8. The summed E-state index contributed by atoms with van der Waals surface area (Å²) in [6.45, 7) is 14.6. The SMILES string of the molecule is C=C(C)C(=O)Oc1ccc(C=Cc2ccc(OC(=O)C(=C)C)c(CC)c2CC)cc1. The molecule has 0 aliphatic heterocycles. The van der Waals surface area contributed by atoms with Gasteiger partial charge in [0.15, 0.2) is 0 Å². The van der Waals surface area contributed by atoms with Crippen LogP contribution in [-0.4, -0.2) is 11.9 Å². The van der Waals surface area contributed by atoms with E-state index in [2.05, 4.69) is 20.1 Å². The van der Waals surface area contributed by atoms with Crippen LogP contribution in [0, 0.1) is 0 Å². The zero-order chi connectivity index (χ0) is 22.3. The highest BCUT2D eigenvalue weighted by Gasteiger charge is 2.14. The van der Waals surface area contributed by atoms with Crippen LogP contribution in [0.25, 0.3) is 12.2 Å². The molecule has 0 saturated heterocycles. The average Bonchev–Trinajstić information content (AvgIpc) is 2.72. The molecular weight excluding hydrogens is 376 g/mol. The third-order valence-electron chi connectivity index (χ3n) is 4.58. The lowest BCUT2D eigenvalue weighted by Crippen LogP contribution is -2.11. The van der Waals surface area contributed by atoms with Crippen LogP contribution in [0.4, 0.5) is 0 Å². The quantitative estimate of drug-likeness (QED) is 0.236. The van der Waals surface area contributed by atoms with Crippen molar-refractivity contribution in [2.45, 2.75) is 40.5 Å². The van der Waals surface area contributed by atoms with Gasteiger partial charge in [-0.1, -0.05) is 57.4 Å². The monoisotopic (exact) mass is 404 g/mol. The molecule has 0 radical (unpaired) electrons. The van der Waals surface area contributed by atoms with E-state index in [1.807, 2.05) is 43.3 Å². The first-order valence-electron chi connectivity index (χ1n) is 9.95. The van der Waals surface area contributed by atoms with Crippen molar-refractivity contribution in [1.29, 1.82) is 0 Å². The molecule has 0 amide bonds. The molecule has 0 aliphatic rings. The second-order valence-electron chi connectivity index (χ2n) is 7.06. The van der Waals surface area contributed by atoms with Crippen molar-refractivity contribution < 1.29 is 19.1 Å². The van der Waals surface area contributed by atoms with Gasteiger partial charge >= 0.3 is 11.9 Å². The molecule has 2 aromatic carbocycles. The summed E-state index contributed by atoms with van der Waals surface area (Å²) < 4.78 is 10.7. The maximum atomic E-state index is 11.9. The Kier molecular flexibility index (Phi) is 7.93. The van der Waals surface area contributed by atoms with E-state index in [-0.39, 0.29) is 0 Å². The first kappa shape index (κ1) is 22.9. The van der Waals surface area contributed by atoms with Gasteiger partial charge in [0.25, 0.3) is 0 Å². The molecule has 0 saturated carbocycles. The molecule has 4 nitrogen and oxygen atoms in total. The Balaban J connectivity index is 2.26. The van der Waals surface area contributed by atoms with Crippen LogP contribution in [0.2, 0.25) is 0 Å². The zero-order valence-electron chi connectivity index (χ0n) is 18.1. The van der Waals surface area contributed by atoms with Gasteiger partial charge in [0.1, 0.15) is 11.5 Å². The Morgan fingerprint density at radius 3 is 1.90 bits per heavy atom. The number of carbonyl (C=O) groups excluding carboxylic acids is 2.